The van der Waals surface area contributed by atoms with E-state index < -0.39 is 0 Å². The largest absolute Gasteiger partial charge is 0.452 e. The summed E-state index contributed by atoms with van der Waals surface area (Å²) in [4.78, 5) is 0. The van der Waals surface area contributed by atoms with E-state index in [9.17, 15) is 4.39 Å². The van der Waals surface area contributed by atoms with Crippen LogP contribution in [-0.2, 0) is 0 Å². The maximum atomic E-state index is 13.5. The molecule has 2 rings (SSSR count). The second-order valence-electron chi connectivity index (χ2n) is 4.65. The molecule has 1 aromatic carbocycles. The van der Waals surface area contributed by atoms with Gasteiger partial charge in [-0.3, -0.25) is 0 Å². The first kappa shape index (κ1) is 15.5. The van der Waals surface area contributed by atoms with Gasteiger partial charge in [-0.25, -0.2) is 4.39 Å². The predicted octanol–water partition coefficient (Wildman–Crippen LogP) is 5.23. The second kappa shape index (κ2) is 6.74. The molecule has 2 nitrogen and oxygen atoms in total. The highest BCUT2D eigenvalue weighted by atomic mass is 79.9. The number of rotatable bonds is 5. The van der Waals surface area contributed by atoms with Crippen LogP contribution < -0.4 is 5.32 Å². The van der Waals surface area contributed by atoms with Crippen molar-refractivity contribution in [2.24, 2.45) is 0 Å². The van der Waals surface area contributed by atoms with E-state index in [1.54, 1.807) is 13.0 Å². The van der Waals surface area contributed by atoms with Crippen LogP contribution in [0.2, 0.25) is 5.02 Å². The van der Waals surface area contributed by atoms with Crippen LogP contribution in [0.15, 0.2) is 33.4 Å². The Balaban J connectivity index is 2.43. The summed E-state index contributed by atoms with van der Waals surface area (Å²) in [6.45, 7) is 4.62. The Labute approximate surface area is 131 Å². The molecule has 1 unspecified atom stereocenters. The third-order valence-electron chi connectivity index (χ3n) is 3.07. The Morgan fingerprint density at radius 1 is 1.40 bits per heavy atom. The van der Waals surface area contributed by atoms with Crippen molar-refractivity contribution in [1.29, 1.82) is 0 Å². The lowest BCUT2D eigenvalue weighted by Crippen LogP contribution is -2.23. The highest BCUT2D eigenvalue weighted by Gasteiger charge is 2.21. The van der Waals surface area contributed by atoms with E-state index in [2.05, 4.69) is 28.2 Å². The molecule has 1 atom stereocenters. The quantitative estimate of drug-likeness (QED) is 0.789. The van der Waals surface area contributed by atoms with Crippen LogP contribution in [-0.4, -0.2) is 6.54 Å². The second-order valence-corrected chi connectivity index (χ2v) is 5.84. The van der Waals surface area contributed by atoms with Crippen LogP contribution in [0.25, 0.3) is 0 Å². The minimum atomic E-state index is -0.298. The lowest BCUT2D eigenvalue weighted by atomic mass is 10.0. The third kappa shape index (κ3) is 3.43. The predicted molar refractivity (Wildman–Crippen MR) is 82.7 cm³/mol. The van der Waals surface area contributed by atoms with E-state index in [-0.39, 0.29) is 11.9 Å². The Bertz CT molecular complexity index is 600. The maximum absolute atomic E-state index is 13.5. The lowest BCUT2D eigenvalue weighted by Gasteiger charge is -2.19. The summed E-state index contributed by atoms with van der Waals surface area (Å²) in [5.41, 5.74) is 1.39. The van der Waals surface area contributed by atoms with Crippen LogP contribution in [0, 0.1) is 12.7 Å². The fourth-order valence-electron chi connectivity index (χ4n) is 2.04. The number of hydrogen-bond acceptors (Lipinski definition) is 2. The number of halogens is 3. The van der Waals surface area contributed by atoms with Gasteiger partial charge in [0.25, 0.3) is 0 Å². The van der Waals surface area contributed by atoms with Gasteiger partial charge in [0.15, 0.2) is 4.67 Å². The van der Waals surface area contributed by atoms with E-state index in [1.165, 1.54) is 6.07 Å². The third-order valence-corrected chi connectivity index (χ3v) is 3.82. The van der Waals surface area contributed by atoms with Gasteiger partial charge in [0.1, 0.15) is 11.6 Å². The zero-order valence-electron chi connectivity index (χ0n) is 11.3. The molecule has 5 heteroatoms. The van der Waals surface area contributed by atoms with E-state index in [0.29, 0.717) is 15.3 Å². The molecule has 1 aromatic heterocycles. The average molecular weight is 361 g/mol. The van der Waals surface area contributed by atoms with E-state index in [0.717, 1.165) is 24.3 Å². The molecule has 0 fully saturated rings. The zero-order valence-corrected chi connectivity index (χ0v) is 13.7. The topological polar surface area (TPSA) is 25.2 Å². The first-order valence-corrected chi connectivity index (χ1v) is 7.64. The van der Waals surface area contributed by atoms with E-state index in [1.807, 2.05) is 12.1 Å². The summed E-state index contributed by atoms with van der Waals surface area (Å²) in [5.74, 6) is 0.451. The number of hydrogen-bond donors (Lipinski definition) is 1. The number of aryl methyl sites for hydroxylation is 1. The minimum Gasteiger partial charge on any atom is -0.452 e. The van der Waals surface area contributed by atoms with Crippen molar-refractivity contribution in [2.45, 2.75) is 26.3 Å². The summed E-state index contributed by atoms with van der Waals surface area (Å²) in [5, 5.41) is 3.78. The first-order valence-electron chi connectivity index (χ1n) is 6.47. The molecular formula is C15H16BrClFNO. The van der Waals surface area contributed by atoms with Crippen molar-refractivity contribution in [3.05, 3.63) is 56.7 Å². The highest BCUT2D eigenvalue weighted by molar-refractivity contribution is 9.10. The molecule has 0 aliphatic rings. The van der Waals surface area contributed by atoms with Gasteiger partial charge in [-0.1, -0.05) is 18.5 Å². The highest BCUT2D eigenvalue weighted by Crippen LogP contribution is 2.32. The number of benzene rings is 1. The van der Waals surface area contributed by atoms with Crippen molar-refractivity contribution < 1.29 is 8.81 Å². The van der Waals surface area contributed by atoms with Crippen molar-refractivity contribution in [1.82, 2.24) is 5.32 Å². The molecule has 0 bridgehead atoms. The summed E-state index contributed by atoms with van der Waals surface area (Å²) in [6, 6.07) is 6.65. The Hall–Kier alpha value is -0.840. The zero-order chi connectivity index (χ0) is 14.7. The van der Waals surface area contributed by atoms with Crippen LogP contribution in [0.1, 0.15) is 36.3 Å². The summed E-state index contributed by atoms with van der Waals surface area (Å²) in [6.07, 6.45) is 0.982. The molecule has 0 saturated carbocycles. The van der Waals surface area contributed by atoms with Crippen LogP contribution >= 0.6 is 27.5 Å². The van der Waals surface area contributed by atoms with Crippen LogP contribution in [0.3, 0.4) is 0 Å². The van der Waals surface area contributed by atoms with Gasteiger partial charge >= 0.3 is 0 Å². The normalized spacial score (nSPS) is 12.7. The molecule has 2 aromatic rings. The smallest absolute Gasteiger partial charge is 0.169 e. The fourth-order valence-corrected chi connectivity index (χ4v) is 2.62. The van der Waals surface area contributed by atoms with Gasteiger partial charge in [0.2, 0.25) is 0 Å². The Morgan fingerprint density at radius 2 is 2.15 bits per heavy atom. The maximum Gasteiger partial charge on any atom is 0.169 e. The van der Waals surface area contributed by atoms with Gasteiger partial charge in [0, 0.05) is 5.02 Å². The molecule has 0 aliphatic heterocycles. The average Bonchev–Trinajstić information content (AvgIpc) is 2.82. The Kier molecular flexibility index (Phi) is 5.24. The van der Waals surface area contributed by atoms with Crippen LogP contribution in [0.5, 0.6) is 0 Å². The van der Waals surface area contributed by atoms with Crippen molar-refractivity contribution >= 4 is 27.5 Å². The molecule has 0 radical (unpaired) electrons. The first-order chi connectivity index (χ1) is 9.52. The summed E-state index contributed by atoms with van der Waals surface area (Å²) in [7, 11) is 0. The fraction of sp³-hybridized carbons (Fsp3) is 0.333. The molecule has 1 N–H and O–H groups in total. The van der Waals surface area contributed by atoms with Gasteiger partial charge in [-0.15, -0.1) is 0 Å². The molecule has 0 saturated heterocycles. The molecule has 0 amide bonds. The molecular weight excluding hydrogens is 345 g/mol. The lowest BCUT2D eigenvalue weighted by molar-refractivity contribution is 0.432. The SMILES string of the molecule is CCCNC(c1ccc(Br)o1)c1cc(C)c(F)cc1Cl. The van der Waals surface area contributed by atoms with E-state index >= 15 is 0 Å². The van der Waals surface area contributed by atoms with Gasteiger partial charge in [-0.05, 0) is 71.2 Å². The van der Waals surface area contributed by atoms with Gasteiger partial charge < -0.3 is 9.73 Å². The standard InChI is InChI=1S/C15H16BrClFNO/c1-3-6-19-15(13-4-5-14(16)20-13)10-7-9(2)12(18)8-11(10)17/h4-5,7-8,15,19H,3,6H2,1-2H3. The number of nitrogens with one attached hydrogen (secondary N) is 1. The van der Waals surface area contributed by atoms with Gasteiger partial charge in [-0.2, -0.15) is 0 Å². The van der Waals surface area contributed by atoms with Crippen molar-refractivity contribution in [3.63, 3.8) is 0 Å². The van der Waals surface area contributed by atoms with Gasteiger partial charge in [0.05, 0.1) is 6.04 Å². The van der Waals surface area contributed by atoms with Crippen molar-refractivity contribution in [2.75, 3.05) is 6.54 Å². The van der Waals surface area contributed by atoms with Crippen LogP contribution in [0.4, 0.5) is 4.39 Å². The minimum absolute atomic E-state index is 0.187. The molecule has 0 spiro atoms. The van der Waals surface area contributed by atoms with Crippen molar-refractivity contribution in [3.8, 4) is 0 Å². The molecule has 1 heterocycles. The molecule has 0 aliphatic carbocycles. The Morgan fingerprint density at radius 3 is 2.75 bits per heavy atom. The summed E-state index contributed by atoms with van der Waals surface area (Å²) < 4.78 is 19.8. The number of furan rings is 1. The molecule has 20 heavy (non-hydrogen) atoms. The monoisotopic (exact) mass is 359 g/mol. The van der Waals surface area contributed by atoms with E-state index in [4.69, 9.17) is 16.0 Å². The molecule has 108 valence electrons. The summed E-state index contributed by atoms with van der Waals surface area (Å²) >= 11 is 9.50.